The third-order valence-electron chi connectivity index (χ3n) is 3.21. The first-order valence-corrected chi connectivity index (χ1v) is 8.26. The number of nitrogens with one attached hydrogen (secondary N) is 2. The second-order valence-corrected chi connectivity index (χ2v) is 6.61. The van der Waals surface area contributed by atoms with Crippen molar-refractivity contribution in [1.29, 1.82) is 0 Å². The van der Waals surface area contributed by atoms with Crippen LogP contribution in [0.15, 0.2) is 30.6 Å². The molecule has 1 aromatic carbocycles. The summed E-state index contributed by atoms with van der Waals surface area (Å²) in [7, 11) is 3.97. The molecule has 3 aromatic rings. The number of halogens is 1. The highest BCUT2D eigenvalue weighted by Crippen LogP contribution is 2.27. The van der Waals surface area contributed by atoms with Gasteiger partial charge in [-0.05, 0) is 25.6 Å². The number of fused-ring (bicyclic) bond motifs is 1. The van der Waals surface area contributed by atoms with Crippen molar-refractivity contribution in [3.05, 3.63) is 46.1 Å². The zero-order valence-electron chi connectivity index (χ0n) is 13.3. The van der Waals surface area contributed by atoms with E-state index in [1.54, 1.807) is 6.20 Å². The summed E-state index contributed by atoms with van der Waals surface area (Å²) in [6.45, 7) is 2.81. The lowest BCUT2D eigenvalue weighted by Crippen LogP contribution is -2.04. The van der Waals surface area contributed by atoms with E-state index in [4.69, 9.17) is 11.6 Å². The zero-order valence-corrected chi connectivity index (χ0v) is 14.8. The quantitative estimate of drug-likeness (QED) is 0.707. The van der Waals surface area contributed by atoms with Gasteiger partial charge in [0.1, 0.15) is 0 Å². The van der Waals surface area contributed by atoms with Gasteiger partial charge >= 0.3 is 0 Å². The van der Waals surface area contributed by atoms with E-state index >= 15 is 0 Å². The van der Waals surface area contributed by atoms with Crippen LogP contribution in [0, 0.1) is 6.92 Å². The predicted octanol–water partition coefficient (Wildman–Crippen LogP) is 3.57. The van der Waals surface area contributed by atoms with E-state index in [9.17, 15) is 4.79 Å². The third kappa shape index (κ3) is 4.31. The van der Waals surface area contributed by atoms with Gasteiger partial charge in [-0.3, -0.25) is 4.79 Å². The van der Waals surface area contributed by atoms with Gasteiger partial charge in [-0.25, -0.2) is 4.98 Å². The first-order chi connectivity index (χ1) is 11.1. The SMILES string of the molecule is CNCc1cn(C)c2c(Cl)cccc12.Cc1cnc(NC=O)s1. The minimum absolute atomic E-state index is 0.623. The fraction of sp³-hybridized carbons (Fsp3) is 0.250. The molecule has 2 heterocycles. The second kappa shape index (κ2) is 8.10. The summed E-state index contributed by atoms with van der Waals surface area (Å²) < 4.78 is 2.07. The lowest BCUT2D eigenvalue weighted by atomic mass is 10.2. The molecule has 3 rings (SSSR count). The van der Waals surface area contributed by atoms with Gasteiger partial charge in [-0.15, -0.1) is 11.3 Å². The molecule has 0 saturated heterocycles. The van der Waals surface area contributed by atoms with E-state index in [0.717, 1.165) is 22.0 Å². The van der Waals surface area contributed by atoms with Crippen molar-refractivity contribution >= 4 is 45.4 Å². The van der Waals surface area contributed by atoms with Crippen molar-refractivity contribution in [1.82, 2.24) is 14.9 Å². The molecule has 122 valence electrons. The van der Waals surface area contributed by atoms with Gasteiger partial charge in [0.15, 0.2) is 5.13 Å². The van der Waals surface area contributed by atoms with Gasteiger partial charge in [0, 0.05) is 36.2 Å². The Labute approximate surface area is 144 Å². The molecular weight excluding hydrogens is 332 g/mol. The maximum absolute atomic E-state index is 9.84. The number of aromatic nitrogens is 2. The number of hydrogen-bond acceptors (Lipinski definition) is 4. The summed E-state index contributed by atoms with van der Waals surface area (Å²) in [5, 5.41) is 8.31. The predicted molar refractivity (Wildman–Crippen MR) is 97.2 cm³/mol. The van der Waals surface area contributed by atoms with Crippen LogP contribution in [0.4, 0.5) is 5.13 Å². The van der Waals surface area contributed by atoms with Crippen LogP contribution in [0.5, 0.6) is 0 Å². The van der Waals surface area contributed by atoms with Gasteiger partial charge in [0.25, 0.3) is 0 Å². The highest BCUT2D eigenvalue weighted by Gasteiger charge is 2.07. The second-order valence-electron chi connectivity index (χ2n) is 4.97. The molecule has 2 aromatic heterocycles. The van der Waals surface area contributed by atoms with Crippen LogP contribution >= 0.6 is 22.9 Å². The van der Waals surface area contributed by atoms with Gasteiger partial charge < -0.3 is 15.2 Å². The topological polar surface area (TPSA) is 59.0 Å². The van der Waals surface area contributed by atoms with Crippen LogP contribution in [0.3, 0.4) is 0 Å². The van der Waals surface area contributed by atoms with E-state index < -0.39 is 0 Å². The molecule has 0 atom stereocenters. The average Bonchev–Trinajstić information content (AvgIpc) is 3.06. The Bertz CT molecular complexity index is 797. The maximum atomic E-state index is 9.84. The normalized spacial score (nSPS) is 10.3. The van der Waals surface area contributed by atoms with Gasteiger partial charge in [-0.1, -0.05) is 23.7 Å². The Hall–Kier alpha value is -1.89. The summed E-state index contributed by atoms with van der Waals surface area (Å²) in [4.78, 5) is 14.8. The number of thiazole rings is 1. The number of anilines is 1. The molecule has 5 nitrogen and oxygen atoms in total. The fourth-order valence-corrected chi connectivity index (χ4v) is 3.23. The number of amides is 1. The molecule has 0 radical (unpaired) electrons. The highest BCUT2D eigenvalue weighted by molar-refractivity contribution is 7.15. The Kier molecular flexibility index (Phi) is 6.15. The summed E-state index contributed by atoms with van der Waals surface area (Å²) in [6.07, 6.45) is 4.46. The number of hydrogen-bond donors (Lipinski definition) is 2. The van der Waals surface area contributed by atoms with Crippen molar-refractivity contribution in [3.8, 4) is 0 Å². The molecule has 0 saturated carbocycles. The molecular formula is C16H19ClN4OS. The Balaban J connectivity index is 0.000000185. The monoisotopic (exact) mass is 350 g/mol. The number of carbonyl (C=O) groups is 1. The fourth-order valence-electron chi connectivity index (χ4n) is 2.30. The first kappa shape index (κ1) is 17.5. The number of carbonyl (C=O) groups excluding carboxylic acids is 1. The largest absolute Gasteiger partial charge is 0.349 e. The minimum Gasteiger partial charge on any atom is -0.349 e. The molecule has 1 amide bonds. The van der Waals surface area contributed by atoms with Crippen molar-refractivity contribution in [2.75, 3.05) is 12.4 Å². The molecule has 0 aliphatic rings. The van der Waals surface area contributed by atoms with E-state index in [1.807, 2.05) is 33.2 Å². The van der Waals surface area contributed by atoms with Crippen LogP contribution in [-0.4, -0.2) is 23.0 Å². The van der Waals surface area contributed by atoms with Crippen LogP contribution in [0.2, 0.25) is 5.02 Å². The number of para-hydroxylation sites is 1. The Morgan fingerprint density at radius 2 is 2.22 bits per heavy atom. The van der Waals surface area contributed by atoms with E-state index in [1.165, 1.54) is 22.3 Å². The number of rotatable bonds is 4. The smallest absolute Gasteiger partial charge is 0.213 e. The standard InChI is InChI=1S/C11H13ClN2.C5H6N2OS/c1-13-6-8-7-14(2)11-9(8)4-3-5-10(11)12;1-4-2-6-5(9-4)7-3-8/h3-5,7,13H,6H2,1-2H3;2-3H,1H3,(H,6,7,8). The first-order valence-electron chi connectivity index (χ1n) is 7.06. The molecule has 0 unspecified atom stereocenters. The summed E-state index contributed by atoms with van der Waals surface area (Å²) in [5.41, 5.74) is 2.40. The number of aryl methyl sites for hydroxylation is 2. The van der Waals surface area contributed by atoms with Crippen LogP contribution in [0.1, 0.15) is 10.4 Å². The summed E-state index contributed by atoms with van der Waals surface area (Å²) >= 11 is 7.59. The van der Waals surface area contributed by atoms with Crippen molar-refractivity contribution in [3.63, 3.8) is 0 Å². The summed E-state index contributed by atoms with van der Waals surface area (Å²) in [5.74, 6) is 0. The van der Waals surface area contributed by atoms with Gasteiger partial charge in [0.05, 0.1) is 10.5 Å². The van der Waals surface area contributed by atoms with Crippen molar-refractivity contribution < 1.29 is 4.79 Å². The van der Waals surface area contributed by atoms with Crippen LogP contribution < -0.4 is 10.6 Å². The molecule has 0 fully saturated rings. The van der Waals surface area contributed by atoms with Crippen LogP contribution in [-0.2, 0) is 18.4 Å². The number of benzene rings is 1. The molecule has 2 N–H and O–H groups in total. The molecule has 0 spiro atoms. The highest BCUT2D eigenvalue weighted by atomic mass is 35.5. The van der Waals surface area contributed by atoms with Crippen molar-refractivity contribution in [2.45, 2.75) is 13.5 Å². The van der Waals surface area contributed by atoms with E-state index in [-0.39, 0.29) is 0 Å². The van der Waals surface area contributed by atoms with Crippen molar-refractivity contribution in [2.24, 2.45) is 7.05 Å². The van der Waals surface area contributed by atoms with E-state index in [0.29, 0.717) is 11.5 Å². The zero-order chi connectivity index (χ0) is 16.8. The lowest BCUT2D eigenvalue weighted by molar-refractivity contribution is -0.105. The van der Waals surface area contributed by atoms with Gasteiger partial charge in [-0.2, -0.15) is 0 Å². The molecule has 7 heteroatoms. The van der Waals surface area contributed by atoms with Gasteiger partial charge in [0.2, 0.25) is 6.41 Å². The average molecular weight is 351 g/mol. The lowest BCUT2D eigenvalue weighted by Gasteiger charge is -1.98. The summed E-state index contributed by atoms with van der Waals surface area (Å²) in [6, 6.07) is 6.02. The molecule has 0 aliphatic carbocycles. The number of nitrogens with zero attached hydrogens (tertiary/aromatic N) is 2. The minimum atomic E-state index is 0.623. The molecule has 0 aliphatic heterocycles. The Morgan fingerprint density at radius 3 is 2.83 bits per heavy atom. The third-order valence-corrected chi connectivity index (χ3v) is 4.35. The van der Waals surface area contributed by atoms with Crippen LogP contribution in [0.25, 0.3) is 10.9 Å². The molecule has 23 heavy (non-hydrogen) atoms. The molecule has 0 bridgehead atoms. The van der Waals surface area contributed by atoms with E-state index in [2.05, 4.69) is 32.4 Å². The Morgan fingerprint density at radius 1 is 1.43 bits per heavy atom. The maximum Gasteiger partial charge on any atom is 0.213 e.